The molecule has 98 valence electrons. The molecule has 0 aromatic heterocycles. The molecule has 1 aromatic rings. The predicted octanol–water partition coefficient (Wildman–Crippen LogP) is 3.25. The Hall–Kier alpha value is -0.520. The SMILES string of the molecule is COc1cc(Br)c([C@@H](N)CCF)cc1OC.Cl. The quantitative estimate of drug-likeness (QED) is 0.902. The highest BCUT2D eigenvalue weighted by Crippen LogP contribution is 2.36. The van der Waals surface area contributed by atoms with E-state index in [2.05, 4.69) is 15.9 Å². The number of ether oxygens (including phenoxy) is 2. The van der Waals surface area contributed by atoms with E-state index < -0.39 is 6.67 Å². The molecular weight excluding hydrogens is 312 g/mol. The van der Waals surface area contributed by atoms with Gasteiger partial charge < -0.3 is 15.2 Å². The molecule has 2 N–H and O–H groups in total. The highest BCUT2D eigenvalue weighted by Gasteiger charge is 2.14. The Bertz CT molecular complexity index is 366. The minimum Gasteiger partial charge on any atom is -0.493 e. The van der Waals surface area contributed by atoms with Crippen molar-refractivity contribution in [3.8, 4) is 11.5 Å². The highest BCUT2D eigenvalue weighted by atomic mass is 79.9. The Morgan fingerprint density at radius 1 is 1.29 bits per heavy atom. The van der Waals surface area contributed by atoms with Gasteiger partial charge in [-0.1, -0.05) is 15.9 Å². The molecule has 17 heavy (non-hydrogen) atoms. The van der Waals surface area contributed by atoms with Crippen molar-refractivity contribution in [3.63, 3.8) is 0 Å². The molecule has 0 saturated heterocycles. The van der Waals surface area contributed by atoms with E-state index >= 15 is 0 Å². The number of nitrogens with two attached hydrogens (primary N) is 1. The van der Waals surface area contributed by atoms with Crippen LogP contribution < -0.4 is 15.2 Å². The van der Waals surface area contributed by atoms with E-state index in [9.17, 15) is 4.39 Å². The van der Waals surface area contributed by atoms with E-state index in [1.165, 1.54) is 0 Å². The summed E-state index contributed by atoms with van der Waals surface area (Å²) >= 11 is 3.38. The van der Waals surface area contributed by atoms with Gasteiger partial charge in [-0.3, -0.25) is 4.39 Å². The van der Waals surface area contributed by atoms with Gasteiger partial charge in [0.15, 0.2) is 11.5 Å². The summed E-state index contributed by atoms with van der Waals surface area (Å²) in [4.78, 5) is 0. The summed E-state index contributed by atoms with van der Waals surface area (Å²) in [6, 6.07) is 3.19. The van der Waals surface area contributed by atoms with Gasteiger partial charge in [0.25, 0.3) is 0 Å². The number of rotatable bonds is 5. The van der Waals surface area contributed by atoms with E-state index in [1.54, 1.807) is 26.4 Å². The van der Waals surface area contributed by atoms with Gasteiger partial charge in [-0.05, 0) is 24.1 Å². The van der Waals surface area contributed by atoms with Crippen molar-refractivity contribution in [2.45, 2.75) is 12.5 Å². The summed E-state index contributed by atoms with van der Waals surface area (Å²) in [6.45, 7) is -0.443. The van der Waals surface area contributed by atoms with E-state index in [1.807, 2.05) is 0 Å². The summed E-state index contributed by atoms with van der Waals surface area (Å²) in [5.41, 5.74) is 6.67. The maximum Gasteiger partial charge on any atom is 0.161 e. The minimum absolute atomic E-state index is 0. The van der Waals surface area contributed by atoms with Gasteiger partial charge in [0.1, 0.15) is 0 Å². The molecule has 0 aliphatic heterocycles. The fourth-order valence-corrected chi connectivity index (χ4v) is 2.04. The molecule has 0 radical (unpaired) electrons. The number of halogens is 3. The summed E-state index contributed by atoms with van der Waals surface area (Å²) in [7, 11) is 3.11. The average Bonchev–Trinajstić information content (AvgIpc) is 2.28. The van der Waals surface area contributed by atoms with Crippen LogP contribution in [0, 0.1) is 0 Å². The number of hydrogen-bond acceptors (Lipinski definition) is 3. The number of hydrogen-bond donors (Lipinski definition) is 1. The van der Waals surface area contributed by atoms with Gasteiger partial charge in [-0.15, -0.1) is 12.4 Å². The standard InChI is InChI=1S/C11H15BrFNO2.ClH/c1-15-10-5-7(9(14)3-4-13)8(12)6-11(10)16-2;/h5-6,9H,3-4,14H2,1-2H3;1H/t9-;/m0./s1. The first-order valence-electron chi connectivity index (χ1n) is 4.87. The first-order chi connectivity index (χ1) is 7.63. The van der Waals surface area contributed by atoms with Crippen LogP contribution in [0.2, 0.25) is 0 Å². The molecule has 1 rings (SSSR count). The van der Waals surface area contributed by atoms with Crippen molar-refractivity contribution in [1.29, 1.82) is 0 Å². The van der Waals surface area contributed by atoms with Gasteiger partial charge in [-0.2, -0.15) is 0 Å². The van der Waals surface area contributed by atoms with Crippen LogP contribution in [0.15, 0.2) is 16.6 Å². The van der Waals surface area contributed by atoms with Crippen molar-refractivity contribution < 1.29 is 13.9 Å². The number of alkyl halides is 1. The smallest absolute Gasteiger partial charge is 0.161 e. The fourth-order valence-electron chi connectivity index (χ4n) is 1.43. The van der Waals surface area contributed by atoms with Crippen molar-refractivity contribution in [2.24, 2.45) is 5.73 Å². The second-order valence-electron chi connectivity index (χ2n) is 3.31. The van der Waals surface area contributed by atoms with Crippen molar-refractivity contribution >= 4 is 28.3 Å². The lowest BCUT2D eigenvalue weighted by Crippen LogP contribution is -2.12. The normalized spacial score (nSPS) is 11.6. The molecule has 3 nitrogen and oxygen atoms in total. The Kier molecular flexibility index (Phi) is 7.50. The second kappa shape index (κ2) is 7.74. The largest absolute Gasteiger partial charge is 0.493 e. The molecule has 0 saturated carbocycles. The van der Waals surface area contributed by atoms with Crippen molar-refractivity contribution in [1.82, 2.24) is 0 Å². The van der Waals surface area contributed by atoms with Gasteiger partial charge in [0.05, 0.1) is 20.9 Å². The highest BCUT2D eigenvalue weighted by molar-refractivity contribution is 9.10. The lowest BCUT2D eigenvalue weighted by Gasteiger charge is -2.15. The first-order valence-corrected chi connectivity index (χ1v) is 5.66. The van der Waals surface area contributed by atoms with Crippen LogP contribution in [0.4, 0.5) is 4.39 Å². The Balaban J connectivity index is 0.00000256. The van der Waals surface area contributed by atoms with Crippen LogP contribution in [0.25, 0.3) is 0 Å². The molecule has 1 atom stereocenters. The molecule has 0 aliphatic carbocycles. The maximum absolute atomic E-state index is 12.2. The molecule has 0 unspecified atom stereocenters. The number of methoxy groups -OCH3 is 2. The molecule has 1 aromatic carbocycles. The molecule has 0 amide bonds. The summed E-state index contributed by atoms with van der Waals surface area (Å²) < 4.78 is 23.3. The molecular formula is C11H16BrClFNO2. The number of benzene rings is 1. The summed E-state index contributed by atoms with van der Waals surface area (Å²) in [5.74, 6) is 1.21. The van der Waals surface area contributed by atoms with Crippen LogP contribution in [0.1, 0.15) is 18.0 Å². The predicted molar refractivity (Wildman–Crippen MR) is 72.0 cm³/mol. The zero-order valence-electron chi connectivity index (χ0n) is 9.70. The lowest BCUT2D eigenvalue weighted by atomic mass is 10.0. The van der Waals surface area contributed by atoms with Crippen LogP contribution in [0.5, 0.6) is 11.5 Å². The molecule has 0 aliphatic rings. The minimum atomic E-state index is -0.443. The van der Waals surface area contributed by atoms with Crippen LogP contribution >= 0.6 is 28.3 Å². The van der Waals surface area contributed by atoms with Crippen molar-refractivity contribution in [2.75, 3.05) is 20.9 Å². The van der Waals surface area contributed by atoms with Gasteiger partial charge >= 0.3 is 0 Å². The zero-order valence-corrected chi connectivity index (χ0v) is 12.1. The van der Waals surface area contributed by atoms with Gasteiger partial charge in [-0.25, -0.2) is 0 Å². The van der Waals surface area contributed by atoms with Crippen LogP contribution in [-0.2, 0) is 0 Å². The zero-order chi connectivity index (χ0) is 12.1. The Morgan fingerprint density at radius 3 is 2.29 bits per heavy atom. The molecule has 6 heteroatoms. The molecule has 0 bridgehead atoms. The lowest BCUT2D eigenvalue weighted by molar-refractivity contribution is 0.353. The van der Waals surface area contributed by atoms with Crippen molar-refractivity contribution in [3.05, 3.63) is 22.2 Å². The Morgan fingerprint density at radius 2 is 1.82 bits per heavy atom. The third-order valence-corrected chi connectivity index (χ3v) is 3.01. The molecule has 0 spiro atoms. The molecule has 0 fully saturated rings. The third-order valence-electron chi connectivity index (χ3n) is 2.32. The first kappa shape index (κ1) is 16.5. The Labute approximate surface area is 115 Å². The van der Waals surface area contributed by atoms with E-state index in [0.717, 1.165) is 10.0 Å². The van der Waals surface area contributed by atoms with E-state index in [0.29, 0.717) is 11.5 Å². The van der Waals surface area contributed by atoms with Crippen LogP contribution in [-0.4, -0.2) is 20.9 Å². The summed E-state index contributed by atoms with van der Waals surface area (Å²) in [5, 5.41) is 0. The van der Waals surface area contributed by atoms with Gasteiger partial charge in [0.2, 0.25) is 0 Å². The van der Waals surface area contributed by atoms with Gasteiger partial charge in [0, 0.05) is 10.5 Å². The average molecular weight is 329 g/mol. The third kappa shape index (κ3) is 4.01. The van der Waals surface area contributed by atoms with Crippen LogP contribution in [0.3, 0.4) is 0 Å². The van der Waals surface area contributed by atoms with E-state index in [-0.39, 0.29) is 24.9 Å². The molecule has 0 heterocycles. The van der Waals surface area contributed by atoms with E-state index in [4.69, 9.17) is 15.2 Å². The topological polar surface area (TPSA) is 44.5 Å². The maximum atomic E-state index is 12.2. The fraction of sp³-hybridized carbons (Fsp3) is 0.455. The monoisotopic (exact) mass is 327 g/mol. The second-order valence-corrected chi connectivity index (χ2v) is 4.17. The summed E-state index contributed by atoms with van der Waals surface area (Å²) in [6.07, 6.45) is 0.286.